The highest BCUT2D eigenvalue weighted by molar-refractivity contribution is 7.11. The molecule has 2 nitrogen and oxygen atoms in total. The monoisotopic (exact) mass is 264 g/mol. The lowest BCUT2D eigenvalue weighted by Crippen LogP contribution is -2.25. The molecule has 0 amide bonds. The number of benzene rings is 1. The zero-order chi connectivity index (χ0) is 13.1. The smallest absolute Gasteiger partial charge is 0.123 e. The summed E-state index contributed by atoms with van der Waals surface area (Å²) in [5, 5.41) is 1.08. The summed E-state index contributed by atoms with van der Waals surface area (Å²) in [6, 6.07) is 6.54. The van der Waals surface area contributed by atoms with E-state index in [0.29, 0.717) is 0 Å². The summed E-state index contributed by atoms with van der Waals surface area (Å²) in [4.78, 5) is 5.73. The maximum atomic E-state index is 12.8. The fourth-order valence-corrected chi connectivity index (χ4v) is 2.87. The predicted octanol–water partition coefficient (Wildman–Crippen LogP) is 3.01. The van der Waals surface area contributed by atoms with E-state index in [-0.39, 0.29) is 11.9 Å². The van der Waals surface area contributed by atoms with E-state index in [0.717, 1.165) is 29.1 Å². The van der Waals surface area contributed by atoms with Crippen molar-refractivity contribution >= 4 is 11.3 Å². The fraction of sp³-hybridized carbons (Fsp3) is 0.357. The molecule has 0 spiro atoms. The van der Waals surface area contributed by atoms with Crippen molar-refractivity contribution in [3.63, 3.8) is 0 Å². The Morgan fingerprint density at radius 3 is 2.44 bits per heavy atom. The largest absolute Gasteiger partial charge is 0.327 e. The summed E-state index contributed by atoms with van der Waals surface area (Å²) in [5.41, 5.74) is 8.26. The van der Waals surface area contributed by atoms with Gasteiger partial charge in [0.2, 0.25) is 0 Å². The second kappa shape index (κ2) is 5.59. The number of nitrogens with two attached hydrogens (primary N) is 1. The van der Waals surface area contributed by atoms with E-state index in [1.165, 1.54) is 17.0 Å². The number of hydrogen-bond donors (Lipinski definition) is 1. The van der Waals surface area contributed by atoms with Crippen LogP contribution in [0.15, 0.2) is 24.3 Å². The van der Waals surface area contributed by atoms with Crippen molar-refractivity contribution in [3.05, 3.63) is 51.2 Å². The Morgan fingerprint density at radius 1 is 1.22 bits per heavy atom. The van der Waals surface area contributed by atoms with Gasteiger partial charge in [-0.15, -0.1) is 11.3 Å². The lowest BCUT2D eigenvalue weighted by molar-refractivity contribution is 0.623. The molecule has 2 aromatic rings. The second-order valence-corrected chi connectivity index (χ2v) is 5.83. The number of aryl methyl sites for hydroxylation is 2. The van der Waals surface area contributed by atoms with E-state index in [1.807, 2.05) is 6.92 Å². The Labute approximate surface area is 111 Å². The third kappa shape index (κ3) is 3.37. The molecular formula is C14H17FN2S. The normalized spacial score (nSPS) is 12.7. The minimum atomic E-state index is -0.210. The molecular weight excluding hydrogens is 247 g/mol. The summed E-state index contributed by atoms with van der Waals surface area (Å²) in [6.45, 7) is 4.09. The molecule has 0 bridgehead atoms. The molecule has 0 aliphatic heterocycles. The summed E-state index contributed by atoms with van der Waals surface area (Å²) in [7, 11) is 0. The molecule has 96 valence electrons. The Kier molecular flexibility index (Phi) is 4.09. The zero-order valence-corrected chi connectivity index (χ0v) is 11.4. The van der Waals surface area contributed by atoms with Gasteiger partial charge in [0.15, 0.2) is 0 Å². The topological polar surface area (TPSA) is 38.9 Å². The molecule has 0 radical (unpaired) electrons. The molecule has 1 aromatic heterocycles. The first-order valence-corrected chi connectivity index (χ1v) is 6.79. The van der Waals surface area contributed by atoms with Crippen molar-refractivity contribution in [2.24, 2.45) is 5.73 Å². The fourth-order valence-electron chi connectivity index (χ4n) is 1.85. The van der Waals surface area contributed by atoms with E-state index in [9.17, 15) is 4.39 Å². The number of aromatic nitrogens is 1. The van der Waals surface area contributed by atoms with Gasteiger partial charge in [-0.05, 0) is 38.0 Å². The third-order valence-corrected chi connectivity index (χ3v) is 4.02. The molecule has 18 heavy (non-hydrogen) atoms. The van der Waals surface area contributed by atoms with Gasteiger partial charge in [0.1, 0.15) is 5.82 Å². The summed E-state index contributed by atoms with van der Waals surface area (Å²) < 4.78 is 12.8. The molecule has 0 saturated carbocycles. The molecule has 0 saturated heterocycles. The van der Waals surface area contributed by atoms with Gasteiger partial charge in [0.05, 0.1) is 10.7 Å². The molecule has 0 fully saturated rings. The predicted molar refractivity (Wildman–Crippen MR) is 73.4 cm³/mol. The minimum absolute atomic E-state index is 0.0282. The lowest BCUT2D eigenvalue weighted by atomic mass is 10.0. The first-order chi connectivity index (χ1) is 8.54. The minimum Gasteiger partial charge on any atom is -0.327 e. The van der Waals surface area contributed by atoms with Crippen LogP contribution < -0.4 is 5.73 Å². The maximum Gasteiger partial charge on any atom is 0.123 e. The highest BCUT2D eigenvalue weighted by atomic mass is 32.1. The van der Waals surface area contributed by atoms with E-state index in [2.05, 4.69) is 11.9 Å². The van der Waals surface area contributed by atoms with Crippen LogP contribution in [0.3, 0.4) is 0 Å². The van der Waals surface area contributed by atoms with Crippen LogP contribution in [0.1, 0.15) is 21.1 Å². The third-order valence-electron chi connectivity index (χ3n) is 2.92. The summed E-state index contributed by atoms with van der Waals surface area (Å²) in [5.74, 6) is -0.210. The van der Waals surface area contributed by atoms with Crippen molar-refractivity contribution in [1.82, 2.24) is 4.98 Å². The highest BCUT2D eigenvalue weighted by Crippen LogP contribution is 2.18. The number of rotatable bonds is 4. The SMILES string of the molecule is Cc1nc(CC(N)Cc2ccc(F)cc2)sc1C. The van der Waals surface area contributed by atoms with Gasteiger partial charge in [0.25, 0.3) is 0 Å². The van der Waals surface area contributed by atoms with Crippen LogP contribution >= 0.6 is 11.3 Å². The summed E-state index contributed by atoms with van der Waals surface area (Å²) >= 11 is 1.70. The molecule has 1 atom stereocenters. The van der Waals surface area contributed by atoms with Crippen LogP contribution in [0.4, 0.5) is 4.39 Å². The van der Waals surface area contributed by atoms with Gasteiger partial charge in [-0.3, -0.25) is 0 Å². The molecule has 1 heterocycles. The van der Waals surface area contributed by atoms with Gasteiger partial charge >= 0.3 is 0 Å². The average Bonchev–Trinajstić information content (AvgIpc) is 2.61. The van der Waals surface area contributed by atoms with Crippen molar-refractivity contribution in [1.29, 1.82) is 0 Å². The molecule has 1 unspecified atom stereocenters. The zero-order valence-electron chi connectivity index (χ0n) is 10.6. The molecule has 1 aromatic carbocycles. The van der Waals surface area contributed by atoms with Crippen molar-refractivity contribution < 1.29 is 4.39 Å². The van der Waals surface area contributed by atoms with E-state index < -0.39 is 0 Å². The van der Waals surface area contributed by atoms with Crippen LogP contribution in [0.5, 0.6) is 0 Å². The quantitative estimate of drug-likeness (QED) is 0.922. The molecule has 4 heteroatoms. The number of hydrogen-bond acceptors (Lipinski definition) is 3. The number of halogens is 1. The summed E-state index contributed by atoms with van der Waals surface area (Å²) in [6.07, 6.45) is 1.52. The standard InChI is InChI=1S/C14H17FN2S/c1-9-10(2)18-14(17-9)8-13(16)7-11-3-5-12(15)6-4-11/h3-6,13H,7-8,16H2,1-2H3. The lowest BCUT2D eigenvalue weighted by Gasteiger charge is -2.09. The Morgan fingerprint density at radius 2 is 1.89 bits per heavy atom. The van der Waals surface area contributed by atoms with Gasteiger partial charge in [-0.2, -0.15) is 0 Å². The van der Waals surface area contributed by atoms with Crippen molar-refractivity contribution in [2.75, 3.05) is 0 Å². The maximum absolute atomic E-state index is 12.8. The van der Waals surface area contributed by atoms with Gasteiger partial charge < -0.3 is 5.73 Å². The Bertz CT molecular complexity index is 500. The van der Waals surface area contributed by atoms with Gasteiger partial charge in [-0.1, -0.05) is 12.1 Å². The first-order valence-electron chi connectivity index (χ1n) is 5.97. The molecule has 2 N–H and O–H groups in total. The van der Waals surface area contributed by atoms with E-state index in [1.54, 1.807) is 23.5 Å². The Hall–Kier alpha value is -1.26. The van der Waals surface area contributed by atoms with Crippen LogP contribution in [0, 0.1) is 19.7 Å². The second-order valence-electron chi connectivity index (χ2n) is 4.54. The van der Waals surface area contributed by atoms with E-state index >= 15 is 0 Å². The van der Waals surface area contributed by atoms with Crippen LogP contribution in [0.25, 0.3) is 0 Å². The number of nitrogens with zero attached hydrogens (tertiary/aromatic N) is 1. The Balaban J connectivity index is 1.96. The molecule has 0 aliphatic carbocycles. The number of thiazole rings is 1. The van der Waals surface area contributed by atoms with Crippen molar-refractivity contribution in [3.8, 4) is 0 Å². The first kappa shape index (κ1) is 13.2. The van der Waals surface area contributed by atoms with Crippen LogP contribution in [0.2, 0.25) is 0 Å². The highest BCUT2D eigenvalue weighted by Gasteiger charge is 2.10. The van der Waals surface area contributed by atoms with Gasteiger partial charge in [0, 0.05) is 17.3 Å². The van der Waals surface area contributed by atoms with Crippen LogP contribution in [-0.4, -0.2) is 11.0 Å². The molecule has 2 rings (SSSR count). The van der Waals surface area contributed by atoms with Crippen molar-refractivity contribution in [2.45, 2.75) is 32.7 Å². The molecule has 0 aliphatic rings. The van der Waals surface area contributed by atoms with Crippen LogP contribution in [-0.2, 0) is 12.8 Å². The van der Waals surface area contributed by atoms with E-state index in [4.69, 9.17) is 5.73 Å². The van der Waals surface area contributed by atoms with Gasteiger partial charge in [-0.25, -0.2) is 9.37 Å². The average molecular weight is 264 g/mol.